The topological polar surface area (TPSA) is 61.4 Å². The van der Waals surface area contributed by atoms with Crippen LogP contribution >= 0.6 is 0 Å². The van der Waals surface area contributed by atoms with Gasteiger partial charge in [-0.2, -0.15) is 0 Å². The average molecular weight is 292 g/mol. The van der Waals surface area contributed by atoms with E-state index in [1.165, 1.54) is 12.1 Å². The summed E-state index contributed by atoms with van der Waals surface area (Å²) in [6.07, 6.45) is 0. The van der Waals surface area contributed by atoms with Crippen LogP contribution in [0.2, 0.25) is 0 Å². The van der Waals surface area contributed by atoms with E-state index in [4.69, 9.17) is 0 Å². The molecule has 0 saturated heterocycles. The van der Waals surface area contributed by atoms with Crippen molar-refractivity contribution < 1.29 is 18.7 Å². The van der Waals surface area contributed by atoms with Crippen molar-refractivity contribution in [1.29, 1.82) is 0 Å². The van der Waals surface area contributed by atoms with Crippen molar-refractivity contribution in [3.8, 4) is 5.75 Å². The third kappa shape index (κ3) is 3.68. The van der Waals surface area contributed by atoms with Gasteiger partial charge in [-0.05, 0) is 31.2 Å². The summed E-state index contributed by atoms with van der Waals surface area (Å²) in [7, 11) is 0. The molecule has 0 aliphatic rings. The van der Waals surface area contributed by atoms with Crippen molar-refractivity contribution in [3.05, 3.63) is 53.6 Å². The highest BCUT2D eigenvalue weighted by molar-refractivity contribution is 5.94. The number of hydrogen-bond donors (Lipinski definition) is 3. The van der Waals surface area contributed by atoms with Crippen LogP contribution in [-0.4, -0.2) is 17.6 Å². The molecule has 2 aromatic carbocycles. The Hall–Kier alpha value is -2.63. The number of benzene rings is 2. The SMILES string of the molecule is Cc1c(O)cccc1NC(=O)CNc1ccc(F)c(F)c1. The van der Waals surface area contributed by atoms with Crippen LogP contribution in [-0.2, 0) is 4.79 Å². The first kappa shape index (κ1) is 14.8. The standard InChI is InChI=1S/C15H14F2N2O2/c1-9-13(3-2-4-14(9)20)19-15(21)8-18-10-5-6-11(16)12(17)7-10/h2-7,18,20H,8H2,1H3,(H,19,21). The lowest BCUT2D eigenvalue weighted by Crippen LogP contribution is -2.22. The van der Waals surface area contributed by atoms with E-state index < -0.39 is 11.6 Å². The molecule has 0 fully saturated rings. The number of phenols is 1. The smallest absolute Gasteiger partial charge is 0.243 e. The summed E-state index contributed by atoms with van der Waals surface area (Å²) in [6, 6.07) is 8.08. The van der Waals surface area contributed by atoms with E-state index in [9.17, 15) is 18.7 Å². The molecule has 2 aromatic rings. The van der Waals surface area contributed by atoms with E-state index in [2.05, 4.69) is 10.6 Å². The summed E-state index contributed by atoms with van der Waals surface area (Å²) in [5.41, 5.74) is 1.35. The minimum Gasteiger partial charge on any atom is -0.508 e. The Morgan fingerprint density at radius 2 is 1.95 bits per heavy atom. The number of carbonyl (C=O) groups is 1. The van der Waals surface area contributed by atoms with Crippen LogP contribution in [0.1, 0.15) is 5.56 Å². The Morgan fingerprint density at radius 1 is 1.19 bits per heavy atom. The molecule has 0 aliphatic carbocycles. The molecule has 6 heteroatoms. The highest BCUT2D eigenvalue weighted by Gasteiger charge is 2.08. The monoisotopic (exact) mass is 292 g/mol. The fourth-order valence-electron chi connectivity index (χ4n) is 1.74. The van der Waals surface area contributed by atoms with Crippen molar-refractivity contribution in [3.63, 3.8) is 0 Å². The molecule has 3 N–H and O–H groups in total. The summed E-state index contributed by atoms with van der Waals surface area (Å²) in [6.45, 7) is 1.56. The zero-order valence-corrected chi connectivity index (χ0v) is 11.3. The van der Waals surface area contributed by atoms with Gasteiger partial charge in [-0.25, -0.2) is 8.78 Å². The van der Waals surface area contributed by atoms with Crippen molar-refractivity contribution in [1.82, 2.24) is 0 Å². The molecule has 21 heavy (non-hydrogen) atoms. The third-order valence-corrected chi connectivity index (χ3v) is 2.95. The number of anilines is 2. The maximum atomic E-state index is 13.0. The molecular formula is C15H14F2N2O2. The van der Waals surface area contributed by atoms with Crippen LogP contribution in [0.5, 0.6) is 5.75 Å². The van der Waals surface area contributed by atoms with Gasteiger partial charge in [-0.15, -0.1) is 0 Å². The van der Waals surface area contributed by atoms with Crippen molar-refractivity contribution in [2.45, 2.75) is 6.92 Å². The highest BCUT2D eigenvalue weighted by Crippen LogP contribution is 2.23. The van der Waals surface area contributed by atoms with Gasteiger partial charge in [0.05, 0.1) is 6.54 Å². The summed E-state index contributed by atoms with van der Waals surface area (Å²) in [5.74, 6) is -2.21. The van der Waals surface area contributed by atoms with Crippen LogP contribution < -0.4 is 10.6 Å². The van der Waals surface area contributed by atoms with Crippen LogP contribution in [0.3, 0.4) is 0 Å². The summed E-state index contributed by atoms with van der Waals surface area (Å²) >= 11 is 0. The van der Waals surface area contributed by atoms with Gasteiger partial charge in [0.1, 0.15) is 5.75 Å². The van der Waals surface area contributed by atoms with E-state index in [-0.39, 0.29) is 18.2 Å². The number of hydrogen-bond acceptors (Lipinski definition) is 3. The quantitative estimate of drug-likeness (QED) is 0.811. The molecule has 0 spiro atoms. The molecule has 0 aliphatic heterocycles. The van der Waals surface area contributed by atoms with Gasteiger partial charge < -0.3 is 15.7 Å². The lowest BCUT2D eigenvalue weighted by Gasteiger charge is -2.10. The fraction of sp³-hybridized carbons (Fsp3) is 0.133. The van der Waals surface area contributed by atoms with E-state index in [0.717, 1.165) is 12.1 Å². The predicted octanol–water partition coefficient (Wildman–Crippen LogP) is 3.03. The molecule has 0 heterocycles. The predicted molar refractivity (Wildman–Crippen MR) is 76.3 cm³/mol. The summed E-state index contributed by atoms with van der Waals surface area (Å²) in [4.78, 5) is 11.8. The van der Waals surface area contributed by atoms with Gasteiger partial charge in [0.25, 0.3) is 0 Å². The minimum absolute atomic E-state index is 0.0846. The molecule has 2 rings (SSSR count). The maximum Gasteiger partial charge on any atom is 0.243 e. The minimum atomic E-state index is -0.982. The van der Waals surface area contributed by atoms with Gasteiger partial charge in [0, 0.05) is 23.0 Å². The zero-order chi connectivity index (χ0) is 15.4. The lowest BCUT2D eigenvalue weighted by atomic mass is 10.2. The second-order valence-corrected chi connectivity index (χ2v) is 4.48. The molecule has 1 amide bonds. The Kier molecular flexibility index (Phi) is 4.37. The van der Waals surface area contributed by atoms with Crippen molar-refractivity contribution >= 4 is 17.3 Å². The number of aromatic hydroxyl groups is 1. The van der Waals surface area contributed by atoms with Crippen LogP contribution in [0.15, 0.2) is 36.4 Å². The second kappa shape index (κ2) is 6.21. The molecular weight excluding hydrogens is 278 g/mol. The van der Waals surface area contributed by atoms with Gasteiger partial charge in [0.15, 0.2) is 11.6 Å². The first-order valence-electron chi connectivity index (χ1n) is 6.24. The lowest BCUT2D eigenvalue weighted by molar-refractivity contribution is -0.114. The number of rotatable bonds is 4. The van der Waals surface area contributed by atoms with Crippen molar-refractivity contribution in [2.75, 3.05) is 17.2 Å². The first-order valence-corrected chi connectivity index (χ1v) is 6.24. The average Bonchev–Trinajstić information content (AvgIpc) is 2.45. The van der Waals surface area contributed by atoms with E-state index in [1.807, 2.05) is 0 Å². The number of nitrogens with one attached hydrogen (secondary N) is 2. The van der Waals surface area contributed by atoms with Gasteiger partial charge in [0.2, 0.25) is 5.91 Å². The third-order valence-electron chi connectivity index (χ3n) is 2.95. The van der Waals surface area contributed by atoms with Crippen molar-refractivity contribution in [2.24, 2.45) is 0 Å². The van der Waals surface area contributed by atoms with Crippen LogP contribution in [0, 0.1) is 18.6 Å². The summed E-state index contributed by atoms with van der Waals surface area (Å²) < 4.78 is 25.8. The maximum absolute atomic E-state index is 13.0. The summed E-state index contributed by atoms with van der Waals surface area (Å²) in [5, 5.41) is 14.8. The second-order valence-electron chi connectivity index (χ2n) is 4.48. The Morgan fingerprint density at radius 3 is 2.67 bits per heavy atom. The molecule has 0 bridgehead atoms. The Bertz CT molecular complexity index is 675. The molecule has 4 nitrogen and oxygen atoms in total. The van der Waals surface area contributed by atoms with Gasteiger partial charge >= 0.3 is 0 Å². The van der Waals surface area contributed by atoms with E-state index in [1.54, 1.807) is 19.1 Å². The van der Waals surface area contributed by atoms with E-state index >= 15 is 0 Å². The number of halogens is 2. The molecule has 0 radical (unpaired) electrons. The zero-order valence-electron chi connectivity index (χ0n) is 11.3. The first-order chi connectivity index (χ1) is 9.97. The number of phenolic OH excluding ortho intramolecular Hbond substituents is 1. The molecule has 0 atom stereocenters. The molecule has 0 unspecified atom stereocenters. The largest absolute Gasteiger partial charge is 0.508 e. The Labute approximate surface area is 120 Å². The van der Waals surface area contributed by atoms with Gasteiger partial charge in [-0.1, -0.05) is 6.07 Å². The fourth-order valence-corrected chi connectivity index (χ4v) is 1.74. The van der Waals surface area contributed by atoms with Gasteiger partial charge in [-0.3, -0.25) is 4.79 Å². The molecule has 0 saturated carbocycles. The Balaban J connectivity index is 1.96. The van der Waals surface area contributed by atoms with Crippen LogP contribution in [0.4, 0.5) is 20.2 Å². The number of carbonyl (C=O) groups excluding carboxylic acids is 1. The van der Waals surface area contributed by atoms with E-state index in [0.29, 0.717) is 16.9 Å². The molecule has 0 aromatic heterocycles. The van der Waals surface area contributed by atoms with Crippen LogP contribution in [0.25, 0.3) is 0 Å². The molecule has 110 valence electrons. The highest BCUT2D eigenvalue weighted by atomic mass is 19.2. The number of amides is 1. The normalized spacial score (nSPS) is 10.2.